The molecule has 0 amide bonds. The second kappa shape index (κ2) is 8.60. The van der Waals surface area contributed by atoms with Gasteiger partial charge in [0.15, 0.2) is 6.10 Å². The van der Waals surface area contributed by atoms with Crippen molar-refractivity contribution in [3.63, 3.8) is 0 Å². The highest BCUT2D eigenvalue weighted by atomic mass is 16.6. The van der Waals surface area contributed by atoms with Crippen LogP contribution in [0.1, 0.15) is 46.0 Å². The van der Waals surface area contributed by atoms with E-state index in [1.807, 2.05) is 6.92 Å². The Bertz CT molecular complexity index is 680. The van der Waals surface area contributed by atoms with Gasteiger partial charge in [0, 0.05) is 25.8 Å². The lowest BCUT2D eigenvalue weighted by Gasteiger charge is -2.58. The molecule has 158 valence electrons. The highest BCUT2D eigenvalue weighted by Crippen LogP contribution is 2.58. The third-order valence-corrected chi connectivity index (χ3v) is 6.58. The molecule has 1 saturated heterocycles. The first kappa shape index (κ1) is 22.0. The van der Waals surface area contributed by atoms with Gasteiger partial charge < -0.3 is 19.9 Å². The fraction of sp³-hybridized carbons (Fsp3) is 0.762. The first-order valence-electron chi connectivity index (χ1n) is 10.4. The van der Waals surface area contributed by atoms with E-state index in [4.69, 9.17) is 27.8 Å². The summed E-state index contributed by atoms with van der Waals surface area (Å²) in [5, 5.41) is -0.671. The van der Waals surface area contributed by atoms with E-state index in [1.165, 1.54) is 6.92 Å². The van der Waals surface area contributed by atoms with Crippen LogP contribution in [-0.2, 0) is 28.6 Å². The van der Waals surface area contributed by atoms with Crippen LogP contribution in [0.4, 0.5) is 0 Å². The van der Waals surface area contributed by atoms with E-state index in [0.29, 0.717) is 0 Å². The number of fused-ring (bicyclic) bond motifs is 3. The van der Waals surface area contributed by atoms with Gasteiger partial charge in [0.2, 0.25) is 0 Å². The standard InChI is InChI=1S/C21H30BNO6/c1-4-12-10-14(25)16-13-6-5-8-21(3,22)17(13)19(29-15(26)7-9-23)20(18(16)28-12)27-11(2)24/h4,12-13,16-20H,1,5-10,23H2,2-3H3/t12-,13+,16?,17?,18-,19-,20+,21?/m0/s1. The molecule has 7 nitrogen and oxygen atoms in total. The van der Waals surface area contributed by atoms with Crippen molar-refractivity contribution in [3.8, 4) is 0 Å². The predicted octanol–water partition coefficient (Wildman–Crippen LogP) is 1.48. The van der Waals surface area contributed by atoms with Gasteiger partial charge in [-0.25, -0.2) is 0 Å². The summed E-state index contributed by atoms with van der Waals surface area (Å²) < 4.78 is 17.6. The average molecular weight is 403 g/mol. The summed E-state index contributed by atoms with van der Waals surface area (Å²) in [6.45, 7) is 7.09. The van der Waals surface area contributed by atoms with Gasteiger partial charge in [-0.2, -0.15) is 0 Å². The molecule has 1 aliphatic heterocycles. The second-order valence-electron chi connectivity index (χ2n) is 8.73. The fourth-order valence-electron chi connectivity index (χ4n) is 5.52. The molecule has 8 atom stereocenters. The summed E-state index contributed by atoms with van der Waals surface area (Å²) in [7, 11) is 6.66. The Morgan fingerprint density at radius 3 is 2.72 bits per heavy atom. The van der Waals surface area contributed by atoms with Crippen LogP contribution in [0.15, 0.2) is 12.7 Å². The van der Waals surface area contributed by atoms with E-state index in [0.717, 1.165) is 19.3 Å². The molecule has 2 N–H and O–H groups in total. The lowest BCUT2D eigenvalue weighted by molar-refractivity contribution is -0.233. The second-order valence-corrected chi connectivity index (χ2v) is 8.73. The Morgan fingerprint density at radius 1 is 1.38 bits per heavy atom. The van der Waals surface area contributed by atoms with Gasteiger partial charge in [0.1, 0.15) is 18.0 Å². The molecule has 3 fully saturated rings. The Kier molecular flexibility index (Phi) is 6.53. The van der Waals surface area contributed by atoms with Crippen LogP contribution in [0.3, 0.4) is 0 Å². The van der Waals surface area contributed by atoms with Crippen molar-refractivity contribution in [2.24, 2.45) is 23.5 Å². The molecule has 0 aromatic rings. The van der Waals surface area contributed by atoms with E-state index < -0.39 is 47.6 Å². The predicted molar refractivity (Wildman–Crippen MR) is 106 cm³/mol. The minimum atomic E-state index is -0.909. The fourth-order valence-corrected chi connectivity index (χ4v) is 5.52. The molecular formula is C21H30BNO6. The lowest BCUT2D eigenvalue weighted by atomic mass is 9.46. The molecule has 3 aliphatic rings. The van der Waals surface area contributed by atoms with Gasteiger partial charge in [-0.3, -0.25) is 14.4 Å². The number of hydrogen-bond donors (Lipinski definition) is 1. The Balaban J connectivity index is 2.05. The number of carbonyl (C=O) groups excluding carboxylic acids is 3. The Hall–Kier alpha value is -1.67. The van der Waals surface area contributed by atoms with Crippen LogP contribution < -0.4 is 5.73 Å². The van der Waals surface area contributed by atoms with Gasteiger partial charge in [0.05, 0.1) is 26.3 Å². The smallest absolute Gasteiger partial charge is 0.307 e. The first-order valence-corrected chi connectivity index (χ1v) is 10.4. The van der Waals surface area contributed by atoms with Crippen LogP contribution in [0.5, 0.6) is 0 Å². The molecule has 8 heteroatoms. The largest absolute Gasteiger partial charge is 0.458 e. The monoisotopic (exact) mass is 403 g/mol. The Morgan fingerprint density at radius 2 is 2.10 bits per heavy atom. The maximum Gasteiger partial charge on any atom is 0.307 e. The van der Waals surface area contributed by atoms with Crippen molar-refractivity contribution in [1.82, 2.24) is 0 Å². The third kappa shape index (κ3) is 4.28. The van der Waals surface area contributed by atoms with Crippen molar-refractivity contribution in [2.45, 2.75) is 75.7 Å². The van der Waals surface area contributed by atoms with Gasteiger partial charge in [0.25, 0.3) is 0 Å². The number of esters is 2. The maximum atomic E-state index is 13.1. The lowest BCUT2D eigenvalue weighted by Crippen LogP contribution is -2.66. The van der Waals surface area contributed by atoms with Gasteiger partial charge in [-0.05, 0) is 12.3 Å². The number of carbonyl (C=O) groups is 3. The van der Waals surface area contributed by atoms with Gasteiger partial charge in [-0.1, -0.05) is 31.2 Å². The first-order chi connectivity index (χ1) is 13.7. The van der Waals surface area contributed by atoms with E-state index in [1.54, 1.807) is 6.08 Å². The van der Waals surface area contributed by atoms with E-state index >= 15 is 0 Å². The van der Waals surface area contributed by atoms with Crippen LogP contribution in [0.25, 0.3) is 0 Å². The van der Waals surface area contributed by atoms with Crippen molar-refractivity contribution < 1.29 is 28.6 Å². The summed E-state index contributed by atoms with van der Waals surface area (Å²) in [6.07, 6.45) is 1.37. The molecule has 3 rings (SSSR count). The summed E-state index contributed by atoms with van der Waals surface area (Å²) in [6, 6.07) is 0. The summed E-state index contributed by atoms with van der Waals surface area (Å²) in [5.74, 6) is -1.83. The molecule has 0 aromatic heterocycles. The van der Waals surface area contributed by atoms with Crippen LogP contribution >= 0.6 is 0 Å². The molecule has 2 saturated carbocycles. The quantitative estimate of drug-likeness (QED) is 0.421. The topological polar surface area (TPSA) is 105 Å². The number of Topliss-reactive ketones (excluding diaryl/α,β-unsaturated/α-hetero) is 1. The highest BCUT2D eigenvalue weighted by Gasteiger charge is 2.62. The van der Waals surface area contributed by atoms with Crippen molar-refractivity contribution in [3.05, 3.63) is 12.7 Å². The third-order valence-electron chi connectivity index (χ3n) is 6.58. The molecular weight excluding hydrogens is 373 g/mol. The minimum Gasteiger partial charge on any atom is -0.458 e. The number of nitrogens with two attached hydrogens (primary N) is 1. The SMILES string of the molecule is [B]C1(C)CCC[C@@H]2C3C(=O)C[C@H](C=C)O[C@@H]3[C@@H](OC(C)=O)[C@@H](OC(=O)CCN)C21. The molecule has 0 spiro atoms. The van der Waals surface area contributed by atoms with E-state index in [9.17, 15) is 14.4 Å². The molecule has 2 aliphatic carbocycles. The molecule has 1 heterocycles. The molecule has 2 radical (unpaired) electrons. The van der Waals surface area contributed by atoms with Crippen molar-refractivity contribution in [1.29, 1.82) is 0 Å². The average Bonchev–Trinajstić information content (AvgIpc) is 2.63. The number of ketones is 1. The highest BCUT2D eigenvalue weighted by molar-refractivity contribution is 6.15. The van der Waals surface area contributed by atoms with Crippen LogP contribution in [-0.4, -0.2) is 56.5 Å². The number of hydrogen-bond acceptors (Lipinski definition) is 7. The summed E-state index contributed by atoms with van der Waals surface area (Å²) in [5.41, 5.74) is 5.50. The molecule has 3 unspecified atom stereocenters. The molecule has 29 heavy (non-hydrogen) atoms. The zero-order valence-electron chi connectivity index (χ0n) is 17.2. The van der Waals surface area contributed by atoms with Gasteiger partial charge >= 0.3 is 11.9 Å². The summed E-state index contributed by atoms with van der Waals surface area (Å²) in [4.78, 5) is 37.4. The zero-order chi connectivity index (χ0) is 21.3. The zero-order valence-corrected chi connectivity index (χ0v) is 17.2. The molecule has 0 bridgehead atoms. The normalized spacial score (nSPS) is 41.6. The minimum absolute atomic E-state index is 0.0468. The van der Waals surface area contributed by atoms with Gasteiger partial charge in [-0.15, -0.1) is 6.58 Å². The Labute approximate surface area is 173 Å². The molecule has 0 aromatic carbocycles. The number of rotatable bonds is 5. The van der Waals surface area contributed by atoms with Crippen molar-refractivity contribution in [2.75, 3.05) is 6.54 Å². The van der Waals surface area contributed by atoms with E-state index in [2.05, 4.69) is 6.58 Å². The van der Waals surface area contributed by atoms with Crippen LogP contribution in [0.2, 0.25) is 5.31 Å². The van der Waals surface area contributed by atoms with Crippen LogP contribution in [0, 0.1) is 17.8 Å². The maximum absolute atomic E-state index is 13.1. The number of ether oxygens (including phenoxy) is 3. The van der Waals surface area contributed by atoms with Crippen molar-refractivity contribution >= 4 is 25.6 Å². The summed E-state index contributed by atoms with van der Waals surface area (Å²) >= 11 is 0. The van der Waals surface area contributed by atoms with E-state index in [-0.39, 0.29) is 37.0 Å².